The molecule has 1 aromatic heterocycles. The summed E-state index contributed by atoms with van der Waals surface area (Å²) in [6.07, 6.45) is -2.02. The van der Waals surface area contributed by atoms with Crippen LogP contribution < -0.4 is 11.1 Å². The van der Waals surface area contributed by atoms with Crippen LogP contribution in [0.15, 0.2) is 30.6 Å². The molecule has 1 atom stereocenters. The number of hydrogen-bond acceptors (Lipinski definition) is 5. The number of nitrogens with two attached hydrogens (primary N) is 1. The van der Waals surface area contributed by atoms with Crippen LogP contribution in [0.2, 0.25) is 5.02 Å². The van der Waals surface area contributed by atoms with Gasteiger partial charge in [-0.1, -0.05) is 11.6 Å². The first-order valence-electron chi connectivity index (χ1n) is 10.7. The van der Waals surface area contributed by atoms with Crippen LogP contribution in [0.1, 0.15) is 34.6 Å². The number of likely N-dealkylation sites (N-methyl/N-ethyl adjacent to an activating group) is 1. The van der Waals surface area contributed by atoms with Gasteiger partial charge in [-0.15, -0.1) is 0 Å². The fourth-order valence-electron chi connectivity index (χ4n) is 3.72. The molecule has 1 aromatic carbocycles. The van der Waals surface area contributed by atoms with Gasteiger partial charge in [0.15, 0.2) is 5.82 Å². The SMILES string of the molecule is CN(C)[C@H](CNC(=O)/C=C(\c1ncc(Cl)cn1)C1(C(F)(F)F)CC1)Cc1cc(F)c(C(N)=O)cc1F. The number of nitrogens with zero attached hydrogens (tertiary/aromatic N) is 3. The van der Waals surface area contributed by atoms with Crippen molar-refractivity contribution < 1.29 is 31.5 Å². The molecule has 3 rings (SSSR count). The predicted molar refractivity (Wildman–Crippen MR) is 122 cm³/mol. The Morgan fingerprint density at radius 2 is 1.81 bits per heavy atom. The van der Waals surface area contributed by atoms with Gasteiger partial charge < -0.3 is 16.0 Å². The molecule has 2 aromatic rings. The first-order valence-corrected chi connectivity index (χ1v) is 11.1. The van der Waals surface area contributed by atoms with E-state index in [1.165, 1.54) is 0 Å². The van der Waals surface area contributed by atoms with E-state index in [2.05, 4.69) is 15.3 Å². The quantitative estimate of drug-likeness (QED) is 0.381. The number of nitrogens with one attached hydrogen (secondary N) is 1. The normalized spacial score (nSPS) is 16.1. The zero-order chi connectivity index (χ0) is 26.8. The molecule has 0 unspecified atom stereocenters. The van der Waals surface area contributed by atoms with Gasteiger partial charge in [0.1, 0.15) is 11.6 Å². The Morgan fingerprint density at radius 3 is 2.31 bits per heavy atom. The van der Waals surface area contributed by atoms with Crippen molar-refractivity contribution in [1.82, 2.24) is 20.2 Å². The molecule has 194 valence electrons. The average molecular weight is 532 g/mol. The summed E-state index contributed by atoms with van der Waals surface area (Å²) in [5.74, 6) is -4.06. The van der Waals surface area contributed by atoms with Crippen molar-refractivity contribution in [1.29, 1.82) is 0 Å². The highest BCUT2D eigenvalue weighted by Gasteiger charge is 2.66. The highest BCUT2D eigenvalue weighted by atomic mass is 35.5. The smallest absolute Gasteiger partial charge is 0.366 e. The highest BCUT2D eigenvalue weighted by Crippen LogP contribution is 2.64. The van der Waals surface area contributed by atoms with Crippen LogP contribution in [0.25, 0.3) is 5.57 Å². The topological polar surface area (TPSA) is 101 Å². The van der Waals surface area contributed by atoms with Crippen LogP contribution in [0.5, 0.6) is 0 Å². The van der Waals surface area contributed by atoms with E-state index in [0.717, 1.165) is 24.5 Å². The summed E-state index contributed by atoms with van der Waals surface area (Å²) in [6.45, 7) is -0.102. The van der Waals surface area contributed by atoms with Gasteiger partial charge in [0, 0.05) is 36.6 Å². The van der Waals surface area contributed by atoms with Gasteiger partial charge in [0.05, 0.1) is 16.0 Å². The largest absolute Gasteiger partial charge is 0.398 e. The summed E-state index contributed by atoms with van der Waals surface area (Å²) >= 11 is 5.74. The molecule has 1 aliphatic rings. The second-order valence-corrected chi connectivity index (χ2v) is 9.15. The van der Waals surface area contributed by atoms with Crippen molar-refractivity contribution in [3.63, 3.8) is 0 Å². The first-order chi connectivity index (χ1) is 16.7. The number of primary amides is 1. The van der Waals surface area contributed by atoms with Crippen LogP contribution in [0, 0.1) is 17.0 Å². The minimum absolute atomic E-state index is 0.0646. The van der Waals surface area contributed by atoms with Gasteiger partial charge in [0.25, 0.3) is 5.91 Å². The minimum atomic E-state index is -4.62. The van der Waals surface area contributed by atoms with E-state index in [1.54, 1.807) is 19.0 Å². The zero-order valence-electron chi connectivity index (χ0n) is 19.3. The summed E-state index contributed by atoms with van der Waals surface area (Å²) in [5.41, 5.74) is 1.76. The maximum absolute atomic E-state index is 14.4. The fourth-order valence-corrected chi connectivity index (χ4v) is 3.82. The Labute approximate surface area is 208 Å². The predicted octanol–water partition coefficient (Wildman–Crippen LogP) is 3.52. The van der Waals surface area contributed by atoms with E-state index in [0.29, 0.717) is 6.07 Å². The number of allylic oxidation sites excluding steroid dienone is 1. The van der Waals surface area contributed by atoms with E-state index < -0.39 is 46.6 Å². The van der Waals surface area contributed by atoms with Gasteiger partial charge in [-0.3, -0.25) is 9.59 Å². The molecular weight excluding hydrogens is 509 g/mol. The number of benzene rings is 1. The van der Waals surface area contributed by atoms with Crippen LogP contribution in [0.4, 0.5) is 22.0 Å². The minimum Gasteiger partial charge on any atom is -0.366 e. The van der Waals surface area contributed by atoms with Gasteiger partial charge in [-0.25, -0.2) is 18.7 Å². The summed E-state index contributed by atoms with van der Waals surface area (Å²) in [7, 11) is 3.27. The second kappa shape index (κ2) is 10.5. The van der Waals surface area contributed by atoms with Crippen LogP contribution in [-0.4, -0.2) is 59.5 Å². The number of halogens is 6. The molecule has 13 heteroatoms. The van der Waals surface area contributed by atoms with E-state index in [4.69, 9.17) is 17.3 Å². The number of alkyl halides is 3. The lowest BCUT2D eigenvalue weighted by molar-refractivity contribution is -0.168. The lowest BCUT2D eigenvalue weighted by Gasteiger charge is -2.25. The molecule has 0 aliphatic heterocycles. The van der Waals surface area contributed by atoms with Gasteiger partial charge in [-0.05, 0) is 51.1 Å². The average Bonchev–Trinajstić information content (AvgIpc) is 3.59. The molecule has 1 heterocycles. The molecular formula is C23H23ClF5N5O2. The Kier molecular flexibility index (Phi) is 7.99. The van der Waals surface area contributed by atoms with Crippen molar-refractivity contribution in [2.24, 2.45) is 11.1 Å². The lowest BCUT2D eigenvalue weighted by Crippen LogP contribution is -2.41. The van der Waals surface area contributed by atoms with E-state index >= 15 is 0 Å². The van der Waals surface area contributed by atoms with Crippen molar-refractivity contribution in [3.05, 3.63) is 64.2 Å². The Balaban J connectivity index is 1.81. The lowest BCUT2D eigenvalue weighted by atomic mass is 9.93. The van der Waals surface area contributed by atoms with Crippen LogP contribution in [0.3, 0.4) is 0 Å². The third-order valence-corrected chi connectivity index (χ3v) is 6.24. The summed E-state index contributed by atoms with van der Waals surface area (Å²) in [4.78, 5) is 33.2. The third-order valence-electron chi connectivity index (χ3n) is 6.04. The Hall–Kier alpha value is -3.12. The molecule has 7 nitrogen and oxygen atoms in total. The zero-order valence-corrected chi connectivity index (χ0v) is 20.1. The Morgan fingerprint density at radius 1 is 1.19 bits per heavy atom. The maximum atomic E-state index is 14.4. The number of amides is 2. The van der Waals surface area contributed by atoms with Crippen LogP contribution >= 0.6 is 11.6 Å². The molecule has 0 saturated heterocycles. The van der Waals surface area contributed by atoms with Crippen molar-refractivity contribution in [2.75, 3.05) is 20.6 Å². The van der Waals surface area contributed by atoms with E-state index in [9.17, 15) is 31.5 Å². The van der Waals surface area contributed by atoms with Gasteiger partial charge in [-0.2, -0.15) is 13.2 Å². The molecule has 2 amide bonds. The summed E-state index contributed by atoms with van der Waals surface area (Å²) < 4.78 is 70.0. The molecule has 3 N–H and O–H groups in total. The number of hydrogen-bond donors (Lipinski definition) is 2. The van der Waals surface area contributed by atoms with E-state index in [1.807, 2.05) is 0 Å². The third kappa shape index (κ3) is 5.98. The van der Waals surface area contributed by atoms with Gasteiger partial charge >= 0.3 is 6.18 Å². The molecule has 1 saturated carbocycles. The number of carbonyl (C=O) groups is 2. The number of rotatable bonds is 9. The number of carbonyl (C=O) groups excluding carboxylic acids is 2. The van der Waals surface area contributed by atoms with Crippen molar-refractivity contribution in [2.45, 2.75) is 31.5 Å². The highest BCUT2D eigenvalue weighted by molar-refractivity contribution is 6.30. The van der Waals surface area contributed by atoms with E-state index in [-0.39, 0.29) is 47.8 Å². The van der Waals surface area contributed by atoms with Crippen molar-refractivity contribution in [3.8, 4) is 0 Å². The van der Waals surface area contributed by atoms with Gasteiger partial charge in [0.2, 0.25) is 5.91 Å². The monoisotopic (exact) mass is 531 g/mol. The molecule has 0 radical (unpaired) electrons. The summed E-state index contributed by atoms with van der Waals surface area (Å²) in [6, 6.07) is 0.985. The Bertz CT molecular complexity index is 1180. The fraction of sp³-hybridized carbons (Fsp3) is 0.391. The molecule has 1 aliphatic carbocycles. The van der Waals surface area contributed by atoms with Crippen LogP contribution in [-0.2, 0) is 11.2 Å². The second-order valence-electron chi connectivity index (χ2n) is 8.72. The maximum Gasteiger partial charge on any atom is 0.398 e. The summed E-state index contributed by atoms with van der Waals surface area (Å²) in [5, 5.41) is 2.64. The number of aromatic nitrogens is 2. The van der Waals surface area contributed by atoms with Crippen molar-refractivity contribution >= 4 is 29.0 Å². The first kappa shape index (κ1) is 27.5. The molecule has 0 spiro atoms. The molecule has 0 bridgehead atoms. The molecule has 36 heavy (non-hydrogen) atoms. The standard InChI is InChI=1S/C23H23ClF5N5O2/c1-34(2)14(5-12-6-18(26)15(20(30)36)7-17(12)25)11-31-19(35)8-16(21-32-9-13(24)10-33-21)22(3-4-22)23(27,28)29/h6-10,14H,3-5,11H2,1-2H3,(H2,30,36)(H,31,35)/b16-8+/t14-/m0/s1. The molecule has 1 fully saturated rings.